The van der Waals surface area contributed by atoms with Crippen molar-refractivity contribution < 1.29 is 4.74 Å². The third kappa shape index (κ3) is 4.23. The lowest BCUT2D eigenvalue weighted by Gasteiger charge is -2.46. The van der Waals surface area contributed by atoms with Gasteiger partial charge in [0.05, 0.1) is 0 Å². The molecule has 0 radical (unpaired) electrons. The van der Waals surface area contributed by atoms with Gasteiger partial charge in [0, 0.05) is 32.3 Å². The molecule has 0 aromatic rings. The normalized spacial score (nSPS) is 19.8. The first-order valence-electron chi connectivity index (χ1n) is 7.23. The Hall–Kier alpha value is -0.120. The predicted molar refractivity (Wildman–Crippen MR) is 73.2 cm³/mol. The van der Waals surface area contributed by atoms with Gasteiger partial charge in [0.15, 0.2) is 0 Å². The molecule has 0 atom stereocenters. The van der Waals surface area contributed by atoms with Crippen molar-refractivity contribution >= 4 is 0 Å². The lowest BCUT2D eigenvalue weighted by atomic mass is 9.80. The van der Waals surface area contributed by atoms with Crippen LogP contribution in [0.4, 0.5) is 0 Å². The van der Waals surface area contributed by atoms with Crippen LogP contribution in [0.15, 0.2) is 0 Å². The van der Waals surface area contributed by atoms with Gasteiger partial charge in [-0.05, 0) is 32.2 Å². The molecule has 3 nitrogen and oxygen atoms in total. The summed E-state index contributed by atoms with van der Waals surface area (Å²) < 4.78 is 5.17. The Morgan fingerprint density at radius 1 is 1.18 bits per heavy atom. The summed E-state index contributed by atoms with van der Waals surface area (Å²) >= 11 is 0. The Morgan fingerprint density at radius 3 is 2.41 bits per heavy atom. The van der Waals surface area contributed by atoms with Gasteiger partial charge in [0.1, 0.15) is 0 Å². The molecule has 0 saturated heterocycles. The maximum atomic E-state index is 6.10. The van der Waals surface area contributed by atoms with Crippen LogP contribution in [0.1, 0.15) is 51.9 Å². The maximum absolute atomic E-state index is 6.10. The molecule has 1 rings (SSSR count). The van der Waals surface area contributed by atoms with Crippen molar-refractivity contribution in [3.63, 3.8) is 0 Å². The highest BCUT2D eigenvalue weighted by Crippen LogP contribution is 2.33. The van der Waals surface area contributed by atoms with Gasteiger partial charge in [-0.15, -0.1) is 0 Å². The van der Waals surface area contributed by atoms with Crippen LogP contribution >= 0.6 is 0 Å². The Bertz CT molecular complexity index is 191. The predicted octanol–water partition coefficient (Wildman–Crippen LogP) is 2.40. The molecule has 1 aliphatic rings. The van der Waals surface area contributed by atoms with E-state index in [1.54, 1.807) is 7.11 Å². The Labute approximate surface area is 107 Å². The molecule has 0 heterocycles. The zero-order valence-electron chi connectivity index (χ0n) is 11.7. The molecule has 0 spiro atoms. The minimum Gasteiger partial charge on any atom is -0.385 e. The third-order valence-corrected chi connectivity index (χ3v) is 4.11. The summed E-state index contributed by atoms with van der Waals surface area (Å²) in [5, 5.41) is 0. The molecule has 17 heavy (non-hydrogen) atoms. The summed E-state index contributed by atoms with van der Waals surface area (Å²) in [6.07, 6.45) is 9.00. The van der Waals surface area contributed by atoms with E-state index in [1.165, 1.54) is 45.1 Å². The first kappa shape index (κ1) is 14.9. The fourth-order valence-electron chi connectivity index (χ4n) is 3.12. The number of nitrogens with two attached hydrogens (primary N) is 1. The lowest BCUT2D eigenvalue weighted by Crippen LogP contribution is -2.55. The second-order valence-corrected chi connectivity index (χ2v) is 5.32. The fourth-order valence-corrected chi connectivity index (χ4v) is 3.12. The van der Waals surface area contributed by atoms with Crippen LogP contribution in [-0.4, -0.2) is 43.8 Å². The van der Waals surface area contributed by atoms with E-state index in [2.05, 4.69) is 11.8 Å². The lowest BCUT2D eigenvalue weighted by molar-refractivity contribution is 0.0481. The molecule has 1 aliphatic carbocycles. The molecule has 0 aliphatic heterocycles. The quantitative estimate of drug-likeness (QED) is 0.664. The average Bonchev–Trinajstić information content (AvgIpc) is 2.39. The van der Waals surface area contributed by atoms with Crippen molar-refractivity contribution in [1.82, 2.24) is 4.90 Å². The summed E-state index contributed by atoms with van der Waals surface area (Å²) in [7, 11) is 1.78. The summed E-state index contributed by atoms with van der Waals surface area (Å²) in [4.78, 5) is 2.64. The largest absolute Gasteiger partial charge is 0.385 e. The van der Waals surface area contributed by atoms with E-state index in [4.69, 9.17) is 10.5 Å². The van der Waals surface area contributed by atoms with E-state index in [0.717, 1.165) is 26.1 Å². The van der Waals surface area contributed by atoms with Gasteiger partial charge in [-0.1, -0.05) is 26.2 Å². The van der Waals surface area contributed by atoms with E-state index in [9.17, 15) is 0 Å². The number of rotatable bonds is 8. The van der Waals surface area contributed by atoms with Crippen LogP contribution in [0.5, 0.6) is 0 Å². The van der Waals surface area contributed by atoms with Crippen LogP contribution in [0, 0.1) is 0 Å². The number of hydrogen-bond donors (Lipinski definition) is 1. The Balaban J connectivity index is 2.57. The summed E-state index contributed by atoms with van der Waals surface area (Å²) in [5.74, 6) is 0. The summed E-state index contributed by atoms with van der Waals surface area (Å²) in [5.41, 5.74) is 6.39. The molecule has 0 bridgehead atoms. The first-order valence-corrected chi connectivity index (χ1v) is 7.23. The van der Waals surface area contributed by atoms with Crippen molar-refractivity contribution in [3.05, 3.63) is 0 Å². The van der Waals surface area contributed by atoms with Crippen molar-refractivity contribution in [2.24, 2.45) is 5.73 Å². The minimum absolute atomic E-state index is 0.294. The van der Waals surface area contributed by atoms with Crippen molar-refractivity contribution in [2.75, 3.05) is 33.4 Å². The third-order valence-electron chi connectivity index (χ3n) is 4.11. The number of methoxy groups -OCH3 is 1. The zero-order valence-corrected chi connectivity index (χ0v) is 11.7. The Kier molecular flexibility index (Phi) is 7.09. The molecular weight excluding hydrogens is 212 g/mol. The van der Waals surface area contributed by atoms with Crippen LogP contribution in [0.2, 0.25) is 0 Å². The number of hydrogen-bond acceptors (Lipinski definition) is 3. The summed E-state index contributed by atoms with van der Waals surface area (Å²) in [6, 6.07) is 0. The topological polar surface area (TPSA) is 38.5 Å². The smallest absolute Gasteiger partial charge is 0.0474 e. The van der Waals surface area contributed by atoms with Gasteiger partial charge in [0.2, 0.25) is 0 Å². The molecule has 0 amide bonds. The van der Waals surface area contributed by atoms with Crippen LogP contribution in [-0.2, 0) is 4.74 Å². The van der Waals surface area contributed by atoms with Crippen molar-refractivity contribution in [2.45, 2.75) is 57.4 Å². The highest BCUT2D eigenvalue weighted by Gasteiger charge is 2.35. The number of ether oxygens (including phenoxy) is 1. The molecule has 3 heteroatoms. The minimum atomic E-state index is 0.294. The molecule has 1 saturated carbocycles. The van der Waals surface area contributed by atoms with Gasteiger partial charge in [-0.25, -0.2) is 0 Å². The standard InChI is InChI=1S/C14H30N2O/c1-3-10-16(11-7-12-17-2)14(13-15)8-5-4-6-9-14/h3-13,15H2,1-2H3. The highest BCUT2D eigenvalue weighted by molar-refractivity contribution is 4.94. The van der Waals surface area contributed by atoms with E-state index in [1.807, 2.05) is 0 Å². The average molecular weight is 242 g/mol. The van der Waals surface area contributed by atoms with Crippen molar-refractivity contribution in [1.29, 1.82) is 0 Å². The van der Waals surface area contributed by atoms with E-state index < -0.39 is 0 Å². The second kappa shape index (κ2) is 8.06. The SMILES string of the molecule is CCCN(CCCOC)C1(CN)CCCCC1. The monoisotopic (exact) mass is 242 g/mol. The summed E-state index contributed by atoms with van der Waals surface area (Å²) in [6.45, 7) is 6.26. The van der Waals surface area contributed by atoms with E-state index in [0.29, 0.717) is 5.54 Å². The first-order chi connectivity index (χ1) is 8.29. The molecule has 0 unspecified atom stereocenters. The van der Waals surface area contributed by atoms with Gasteiger partial charge in [0.25, 0.3) is 0 Å². The van der Waals surface area contributed by atoms with Gasteiger partial charge in [-0.2, -0.15) is 0 Å². The van der Waals surface area contributed by atoms with Crippen LogP contribution in [0.3, 0.4) is 0 Å². The van der Waals surface area contributed by atoms with E-state index in [-0.39, 0.29) is 0 Å². The maximum Gasteiger partial charge on any atom is 0.0474 e. The Morgan fingerprint density at radius 2 is 1.88 bits per heavy atom. The highest BCUT2D eigenvalue weighted by atomic mass is 16.5. The van der Waals surface area contributed by atoms with E-state index >= 15 is 0 Å². The number of nitrogens with zero attached hydrogens (tertiary/aromatic N) is 1. The van der Waals surface area contributed by atoms with Crippen LogP contribution < -0.4 is 5.73 Å². The van der Waals surface area contributed by atoms with Gasteiger partial charge >= 0.3 is 0 Å². The molecule has 2 N–H and O–H groups in total. The van der Waals surface area contributed by atoms with Gasteiger partial charge in [-0.3, -0.25) is 4.90 Å². The fraction of sp³-hybridized carbons (Fsp3) is 1.00. The van der Waals surface area contributed by atoms with Crippen LogP contribution in [0.25, 0.3) is 0 Å². The molecule has 102 valence electrons. The van der Waals surface area contributed by atoms with Gasteiger partial charge < -0.3 is 10.5 Å². The molecule has 0 aromatic heterocycles. The molecular formula is C14H30N2O. The zero-order chi connectivity index (χ0) is 12.6. The second-order valence-electron chi connectivity index (χ2n) is 5.32. The molecule has 1 fully saturated rings. The molecule has 0 aromatic carbocycles. The van der Waals surface area contributed by atoms with Crippen molar-refractivity contribution in [3.8, 4) is 0 Å².